The minimum atomic E-state index is -0.783. The van der Waals surface area contributed by atoms with E-state index in [0.29, 0.717) is 23.1 Å². The van der Waals surface area contributed by atoms with Gasteiger partial charge in [-0.3, -0.25) is 14.5 Å². The molecule has 1 fully saturated rings. The summed E-state index contributed by atoms with van der Waals surface area (Å²) in [5, 5.41) is 13.5. The van der Waals surface area contributed by atoms with E-state index in [2.05, 4.69) is 18.0 Å². The first-order chi connectivity index (χ1) is 18.0. The summed E-state index contributed by atoms with van der Waals surface area (Å²) in [6.45, 7) is 4.51. The molecular weight excluding hydrogens is 484 g/mol. The second kappa shape index (κ2) is 10.4. The second-order valence-corrected chi connectivity index (χ2v) is 9.75. The molecule has 1 aliphatic rings. The monoisotopic (exact) mass is 510 g/mol. The molecule has 6 nitrogen and oxygen atoms in total. The number of ether oxygens (including phenoxy) is 1. The molecule has 0 saturated carbocycles. The summed E-state index contributed by atoms with van der Waals surface area (Å²) in [6.07, 6.45) is 2.46. The SMILES string of the molecule is CCc1ccc(C2/C(=C(\O)c3ccc(OCc4cccc(C)c4)cc3)C(=O)C(=O)N2c2nccs2)cc1. The molecule has 3 aromatic carbocycles. The highest BCUT2D eigenvalue weighted by atomic mass is 32.1. The molecule has 186 valence electrons. The van der Waals surface area contributed by atoms with Crippen LogP contribution in [0.1, 0.15) is 40.8 Å². The molecule has 5 rings (SSSR count). The fourth-order valence-corrected chi connectivity index (χ4v) is 5.12. The lowest BCUT2D eigenvalue weighted by Gasteiger charge is -2.23. The van der Waals surface area contributed by atoms with Crippen molar-refractivity contribution in [2.45, 2.75) is 32.9 Å². The van der Waals surface area contributed by atoms with Gasteiger partial charge in [0.1, 0.15) is 18.1 Å². The maximum atomic E-state index is 13.2. The van der Waals surface area contributed by atoms with Crippen molar-refractivity contribution in [3.8, 4) is 5.75 Å². The van der Waals surface area contributed by atoms with Gasteiger partial charge >= 0.3 is 5.91 Å². The number of anilines is 1. The standard InChI is InChI=1S/C30H26N2O4S/c1-3-20-7-9-22(10-8-20)26-25(28(34)29(35)32(26)30-31-15-16-37-30)27(33)23-11-13-24(14-12-23)36-18-21-6-4-5-19(2)17-21/h4-17,26,33H,3,18H2,1-2H3/b27-25+. The van der Waals surface area contributed by atoms with Gasteiger partial charge in [-0.15, -0.1) is 11.3 Å². The van der Waals surface area contributed by atoms with Gasteiger partial charge in [0, 0.05) is 17.1 Å². The Balaban J connectivity index is 1.49. The van der Waals surface area contributed by atoms with E-state index in [4.69, 9.17) is 4.74 Å². The quantitative estimate of drug-likeness (QED) is 0.181. The molecule has 1 N–H and O–H groups in total. The van der Waals surface area contributed by atoms with E-state index in [-0.39, 0.29) is 11.3 Å². The highest BCUT2D eigenvalue weighted by Gasteiger charge is 2.47. The molecule has 37 heavy (non-hydrogen) atoms. The lowest BCUT2D eigenvalue weighted by atomic mass is 9.94. The summed E-state index contributed by atoms with van der Waals surface area (Å²) in [7, 11) is 0. The number of aliphatic hydroxyl groups is 1. The first kappa shape index (κ1) is 24.5. The molecular formula is C30H26N2O4S. The van der Waals surface area contributed by atoms with Gasteiger partial charge in [-0.05, 0) is 54.3 Å². The summed E-state index contributed by atoms with van der Waals surface area (Å²) in [6, 6.07) is 21.9. The fourth-order valence-electron chi connectivity index (χ4n) is 4.45. The minimum absolute atomic E-state index is 0.0397. The van der Waals surface area contributed by atoms with Crippen molar-refractivity contribution in [2.75, 3.05) is 4.90 Å². The van der Waals surface area contributed by atoms with Crippen LogP contribution in [-0.2, 0) is 22.6 Å². The predicted molar refractivity (Wildman–Crippen MR) is 145 cm³/mol. The highest BCUT2D eigenvalue weighted by Crippen LogP contribution is 2.42. The van der Waals surface area contributed by atoms with Gasteiger partial charge in [0.15, 0.2) is 5.13 Å². The topological polar surface area (TPSA) is 79.7 Å². The Hall–Kier alpha value is -4.23. The third-order valence-corrected chi connectivity index (χ3v) is 7.16. The van der Waals surface area contributed by atoms with Crippen LogP contribution in [0.15, 0.2) is 89.9 Å². The number of aliphatic hydroxyl groups excluding tert-OH is 1. The smallest absolute Gasteiger partial charge is 0.301 e. The zero-order chi connectivity index (χ0) is 25.9. The summed E-state index contributed by atoms with van der Waals surface area (Å²) in [5.74, 6) is -1.04. The van der Waals surface area contributed by atoms with Crippen molar-refractivity contribution >= 4 is 33.9 Å². The molecule has 0 spiro atoms. The average Bonchev–Trinajstić information content (AvgIpc) is 3.54. The molecule has 1 unspecified atom stereocenters. The fraction of sp³-hybridized carbons (Fsp3) is 0.167. The number of hydrogen-bond acceptors (Lipinski definition) is 6. The van der Waals surface area contributed by atoms with Crippen LogP contribution in [0.4, 0.5) is 5.13 Å². The molecule has 0 radical (unpaired) electrons. The molecule has 4 aromatic rings. The largest absolute Gasteiger partial charge is 0.507 e. The van der Waals surface area contributed by atoms with E-state index < -0.39 is 17.7 Å². The van der Waals surface area contributed by atoms with Gasteiger partial charge in [0.2, 0.25) is 0 Å². The van der Waals surface area contributed by atoms with Crippen LogP contribution in [0, 0.1) is 6.92 Å². The van der Waals surface area contributed by atoms with E-state index >= 15 is 0 Å². The van der Waals surface area contributed by atoms with E-state index in [1.54, 1.807) is 35.8 Å². The Bertz CT molecular complexity index is 1460. The minimum Gasteiger partial charge on any atom is -0.507 e. The molecule has 0 bridgehead atoms. The summed E-state index contributed by atoms with van der Waals surface area (Å²) < 4.78 is 5.89. The van der Waals surface area contributed by atoms with Crippen LogP contribution >= 0.6 is 11.3 Å². The molecule has 0 aliphatic carbocycles. The Labute approximate surface area is 219 Å². The number of rotatable bonds is 7. The lowest BCUT2D eigenvalue weighted by Crippen LogP contribution is -2.29. The zero-order valence-corrected chi connectivity index (χ0v) is 21.4. The second-order valence-electron chi connectivity index (χ2n) is 8.88. The summed E-state index contributed by atoms with van der Waals surface area (Å²) >= 11 is 1.27. The van der Waals surface area contributed by atoms with Crippen molar-refractivity contribution < 1.29 is 19.4 Å². The van der Waals surface area contributed by atoms with Gasteiger partial charge in [-0.25, -0.2) is 4.98 Å². The number of hydrogen-bond donors (Lipinski definition) is 1. The molecule has 1 atom stereocenters. The normalized spacial score (nSPS) is 16.8. The van der Waals surface area contributed by atoms with E-state index in [1.807, 2.05) is 49.4 Å². The number of carbonyl (C=O) groups excluding carboxylic acids is 2. The number of Topliss-reactive ketones (excluding diaryl/α,β-unsaturated/α-hetero) is 1. The van der Waals surface area contributed by atoms with Crippen LogP contribution in [0.2, 0.25) is 0 Å². The van der Waals surface area contributed by atoms with Crippen LogP contribution in [-0.4, -0.2) is 21.8 Å². The number of carbonyl (C=O) groups is 2. The molecule has 1 saturated heterocycles. The number of thiazole rings is 1. The van der Waals surface area contributed by atoms with Crippen molar-refractivity contribution in [1.82, 2.24) is 4.98 Å². The van der Waals surface area contributed by atoms with Crippen LogP contribution in [0.5, 0.6) is 5.75 Å². The summed E-state index contributed by atoms with van der Waals surface area (Å²) in [5.41, 5.74) is 4.55. The Morgan fingerprint density at radius 2 is 1.78 bits per heavy atom. The van der Waals surface area contributed by atoms with Gasteiger partial charge in [-0.1, -0.05) is 61.0 Å². The number of benzene rings is 3. The van der Waals surface area contributed by atoms with Crippen LogP contribution in [0.3, 0.4) is 0 Å². The van der Waals surface area contributed by atoms with E-state index in [9.17, 15) is 14.7 Å². The average molecular weight is 511 g/mol. The van der Waals surface area contributed by atoms with E-state index in [1.165, 1.54) is 16.2 Å². The van der Waals surface area contributed by atoms with Crippen molar-refractivity contribution in [1.29, 1.82) is 0 Å². The number of amides is 1. The molecule has 1 aliphatic heterocycles. The Morgan fingerprint density at radius 1 is 1.03 bits per heavy atom. The van der Waals surface area contributed by atoms with Crippen molar-refractivity contribution in [2.24, 2.45) is 0 Å². The van der Waals surface area contributed by atoms with E-state index in [0.717, 1.165) is 28.7 Å². The van der Waals surface area contributed by atoms with Crippen LogP contribution in [0.25, 0.3) is 5.76 Å². The number of nitrogens with zero attached hydrogens (tertiary/aromatic N) is 2. The first-order valence-corrected chi connectivity index (χ1v) is 12.9. The zero-order valence-electron chi connectivity index (χ0n) is 20.5. The lowest BCUT2D eigenvalue weighted by molar-refractivity contribution is -0.132. The molecule has 1 aromatic heterocycles. The van der Waals surface area contributed by atoms with Gasteiger partial charge < -0.3 is 9.84 Å². The number of aryl methyl sites for hydroxylation is 2. The molecule has 2 heterocycles. The van der Waals surface area contributed by atoms with Gasteiger partial charge in [-0.2, -0.15) is 0 Å². The number of ketones is 1. The van der Waals surface area contributed by atoms with Gasteiger partial charge in [0.25, 0.3) is 5.78 Å². The molecule has 7 heteroatoms. The van der Waals surface area contributed by atoms with Gasteiger partial charge in [0.05, 0.1) is 11.6 Å². The number of aromatic nitrogens is 1. The third-order valence-electron chi connectivity index (χ3n) is 6.39. The summed E-state index contributed by atoms with van der Waals surface area (Å²) in [4.78, 5) is 32.0. The van der Waals surface area contributed by atoms with Crippen molar-refractivity contribution in [3.05, 3.63) is 118 Å². The Kier molecular flexibility index (Phi) is 6.88. The Morgan fingerprint density at radius 3 is 2.43 bits per heavy atom. The highest BCUT2D eigenvalue weighted by molar-refractivity contribution is 7.14. The first-order valence-electron chi connectivity index (χ1n) is 12.0. The maximum absolute atomic E-state index is 13.2. The third kappa shape index (κ3) is 4.90. The maximum Gasteiger partial charge on any atom is 0.301 e. The predicted octanol–water partition coefficient (Wildman–Crippen LogP) is 6.22. The van der Waals surface area contributed by atoms with Crippen molar-refractivity contribution in [3.63, 3.8) is 0 Å². The van der Waals surface area contributed by atoms with Crippen LogP contribution < -0.4 is 9.64 Å². The molecule has 1 amide bonds.